The van der Waals surface area contributed by atoms with Crippen LogP contribution in [-0.2, 0) is 16.6 Å². The van der Waals surface area contributed by atoms with E-state index in [1.807, 2.05) is 0 Å². The minimum atomic E-state index is -3.92. The van der Waals surface area contributed by atoms with Gasteiger partial charge in [0, 0.05) is 18.5 Å². The summed E-state index contributed by atoms with van der Waals surface area (Å²) in [7, 11) is -3.92. The van der Waals surface area contributed by atoms with E-state index in [0.29, 0.717) is 5.92 Å². The van der Waals surface area contributed by atoms with Crippen LogP contribution in [0, 0.1) is 17.1 Å². The summed E-state index contributed by atoms with van der Waals surface area (Å²) < 4.78 is 41.3. The smallest absolute Gasteiger partial charge is 0.266 e. The average Bonchev–Trinajstić information content (AvgIpc) is 3.41. The molecule has 0 atom stereocenters. The Morgan fingerprint density at radius 3 is 2.76 bits per heavy atom. The molecule has 1 aromatic heterocycles. The van der Waals surface area contributed by atoms with E-state index in [-0.39, 0.29) is 29.1 Å². The summed E-state index contributed by atoms with van der Waals surface area (Å²) in [5.41, 5.74) is 0.176. The lowest BCUT2D eigenvalue weighted by atomic mass is 10.2. The fourth-order valence-corrected chi connectivity index (χ4v) is 3.40. The van der Waals surface area contributed by atoms with Crippen molar-refractivity contribution in [2.24, 2.45) is 0 Å². The first kappa shape index (κ1) is 17.3. The van der Waals surface area contributed by atoms with Crippen molar-refractivity contribution in [1.29, 1.82) is 5.26 Å². The molecule has 0 saturated heterocycles. The van der Waals surface area contributed by atoms with E-state index >= 15 is 0 Å². The summed E-state index contributed by atoms with van der Waals surface area (Å²) in [6.07, 6.45) is 2.09. The van der Waals surface area contributed by atoms with Gasteiger partial charge in [0.1, 0.15) is 11.9 Å². The zero-order chi connectivity index (χ0) is 18.0. The molecule has 0 unspecified atom stereocenters. The van der Waals surface area contributed by atoms with Gasteiger partial charge >= 0.3 is 0 Å². The first-order chi connectivity index (χ1) is 11.9. The van der Waals surface area contributed by atoms with E-state index in [0.717, 1.165) is 36.7 Å². The molecule has 0 spiro atoms. The topological polar surface area (TPSA) is 105 Å². The van der Waals surface area contributed by atoms with Crippen LogP contribution < -0.4 is 10.3 Å². The Kier molecular flexibility index (Phi) is 4.65. The number of nitrogens with one attached hydrogen (secondary N) is 1. The Labute approximate surface area is 143 Å². The van der Waals surface area contributed by atoms with Crippen LogP contribution in [0.25, 0.3) is 0 Å². The predicted octanol–water partition coefficient (Wildman–Crippen LogP) is 1.11. The molecule has 1 aliphatic carbocycles. The minimum absolute atomic E-state index is 0.0530. The summed E-state index contributed by atoms with van der Waals surface area (Å²) in [5, 5.41) is 13.0. The van der Waals surface area contributed by atoms with Crippen LogP contribution in [0.1, 0.15) is 30.0 Å². The van der Waals surface area contributed by atoms with Crippen LogP contribution in [0.4, 0.5) is 4.39 Å². The predicted molar refractivity (Wildman–Crippen MR) is 86.8 cm³/mol. The summed E-state index contributed by atoms with van der Waals surface area (Å²) in [4.78, 5) is 11.6. The molecule has 0 radical (unpaired) electrons. The molecule has 1 N–H and O–H groups in total. The fourth-order valence-electron chi connectivity index (χ4n) is 2.35. The molecule has 3 rings (SSSR count). The normalized spacial score (nSPS) is 14.2. The molecule has 0 bridgehead atoms. The number of benzene rings is 1. The maximum absolute atomic E-state index is 13.3. The van der Waals surface area contributed by atoms with Gasteiger partial charge in [-0.25, -0.2) is 22.2 Å². The van der Waals surface area contributed by atoms with Crippen LogP contribution in [0.5, 0.6) is 0 Å². The molecule has 0 aliphatic heterocycles. The zero-order valence-electron chi connectivity index (χ0n) is 13.1. The van der Waals surface area contributed by atoms with Gasteiger partial charge in [0.25, 0.3) is 5.56 Å². The third kappa shape index (κ3) is 3.92. The third-order valence-corrected chi connectivity index (χ3v) is 5.33. The molecule has 25 heavy (non-hydrogen) atoms. The van der Waals surface area contributed by atoms with E-state index in [9.17, 15) is 17.6 Å². The Bertz CT molecular complexity index is 1010. The number of rotatable bonds is 6. The van der Waals surface area contributed by atoms with Gasteiger partial charge in [-0.1, -0.05) is 0 Å². The van der Waals surface area contributed by atoms with Crippen LogP contribution >= 0.6 is 0 Å². The molecule has 1 aromatic carbocycles. The van der Waals surface area contributed by atoms with Crippen molar-refractivity contribution in [2.45, 2.75) is 30.2 Å². The van der Waals surface area contributed by atoms with E-state index in [2.05, 4.69) is 9.82 Å². The number of sulfonamides is 1. The summed E-state index contributed by atoms with van der Waals surface area (Å²) in [6, 6.07) is 7.70. The van der Waals surface area contributed by atoms with E-state index in [1.54, 1.807) is 12.1 Å². The van der Waals surface area contributed by atoms with Crippen LogP contribution in [-0.4, -0.2) is 24.7 Å². The SMILES string of the molecule is N#Cc1cc(S(=O)(=O)NCCn2nc(C3CC3)ccc2=O)ccc1F. The maximum Gasteiger partial charge on any atom is 0.266 e. The molecular weight excluding hydrogens is 347 g/mol. The number of hydrogen-bond donors (Lipinski definition) is 1. The lowest BCUT2D eigenvalue weighted by Crippen LogP contribution is -2.32. The molecule has 0 amide bonds. The Morgan fingerprint density at radius 2 is 2.08 bits per heavy atom. The highest BCUT2D eigenvalue weighted by molar-refractivity contribution is 7.89. The van der Waals surface area contributed by atoms with E-state index in [4.69, 9.17) is 5.26 Å². The average molecular weight is 362 g/mol. The zero-order valence-corrected chi connectivity index (χ0v) is 14.0. The van der Waals surface area contributed by atoms with Gasteiger partial charge in [0.15, 0.2) is 0 Å². The monoisotopic (exact) mass is 362 g/mol. The standard InChI is InChI=1S/C16H15FN4O3S/c17-14-4-3-13(9-12(14)10-18)25(23,24)19-7-8-21-16(22)6-5-15(20-21)11-1-2-11/h3-6,9,11,19H,1-2,7-8H2. The Morgan fingerprint density at radius 1 is 1.32 bits per heavy atom. The van der Waals surface area contributed by atoms with Crippen molar-refractivity contribution in [3.8, 4) is 6.07 Å². The number of halogens is 1. The van der Waals surface area contributed by atoms with Crippen LogP contribution in [0.3, 0.4) is 0 Å². The minimum Gasteiger partial charge on any atom is -0.268 e. The quantitative estimate of drug-likeness (QED) is 0.829. The van der Waals surface area contributed by atoms with E-state index < -0.39 is 15.8 Å². The number of hydrogen-bond acceptors (Lipinski definition) is 5. The molecule has 1 fully saturated rings. The van der Waals surface area contributed by atoms with Crippen molar-refractivity contribution < 1.29 is 12.8 Å². The van der Waals surface area contributed by atoms with Gasteiger partial charge in [0.05, 0.1) is 22.7 Å². The second-order valence-corrected chi connectivity index (χ2v) is 7.51. The Balaban J connectivity index is 1.70. The van der Waals surface area contributed by atoms with Gasteiger partial charge in [-0.15, -0.1) is 0 Å². The highest BCUT2D eigenvalue weighted by Crippen LogP contribution is 2.38. The van der Waals surface area contributed by atoms with Gasteiger partial charge in [-0.3, -0.25) is 4.79 Å². The molecule has 1 heterocycles. The Hall–Kier alpha value is -2.57. The van der Waals surface area contributed by atoms with Gasteiger partial charge < -0.3 is 0 Å². The van der Waals surface area contributed by atoms with Crippen LogP contribution in [0.15, 0.2) is 40.0 Å². The number of nitriles is 1. The summed E-state index contributed by atoms with van der Waals surface area (Å²) in [5.74, 6) is -0.402. The second kappa shape index (κ2) is 6.74. The van der Waals surface area contributed by atoms with Crippen molar-refractivity contribution in [3.05, 3.63) is 57.8 Å². The lowest BCUT2D eigenvalue weighted by Gasteiger charge is -2.09. The second-order valence-electron chi connectivity index (χ2n) is 5.75. The van der Waals surface area contributed by atoms with E-state index in [1.165, 1.54) is 10.7 Å². The molecule has 9 heteroatoms. The highest BCUT2D eigenvalue weighted by atomic mass is 32.2. The third-order valence-electron chi connectivity index (χ3n) is 3.87. The molecule has 130 valence electrons. The molecule has 2 aromatic rings. The molecular formula is C16H15FN4O3S. The number of nitrogens with zero attached hydrogens (tertiary/aromatic N) is 3. The highest BCUT2D eigenvalue weighted by Gasteiger charge is 2.25. The van der Waals surface area contributed by atoms with Gasteiger partial charge in [0.2, 0.25) is 10.0 Å². The molecule has 1 saturated carbocycles. The van der Waals surface area contributed by atoms with Gasteiger partial charge in [-0.2, -0.15) is 10.4 Å². The summed E-state index contributed by atoms with van der Waals surface area (Å²) in [6.45, 7) is 0.0214. The van der Waals surface area contributed by atoms with Crippen molar-refractivity contribution >= 4 is 10.0 Å². The first-order valence-corrected chi connectivity index (χ1v) is 9.16. The van der Waals surface area contributed by atoms with Crippen molar-refractivity contribution in [3.63, 3.8) is 0 Å². The maximum atomic E-state index is 13.3. The fraction of sp³-hybridized carbons (Fsp3) is 0.312. The van der Waals surface area contributed by atoms with Gasteiger partial charge in [-0.05, 0) is 37.1 Å². The van der Waals surface area contributed by atoms with Crippen molar-refractivity contribution in [2.75, 3.05) is 6.54 Å². The first-order valence-electron chi connectivity index (χ1n) is 7.68. The number of aromatic nitrogens is 2. The van der Waals surface area contributed by atoms with Crippen LogP contribution in [0.2, 0.25) is 0 Å². The molecule has 7 nitrogen and oxygen atoms in total. The largest absolute Gasteiger partial charge is 0.268 e. The lowest BCUT2D eigenvalue weighted by molar-refractivity contribution is 0.540. The summed E-state index contributed by atoms with van der Waals surface area (Å²) >= 11 is 0. The molecule has 1 aliphatic rings. The van der Waals surface area contributed by atoms with Crippen molar-refractivity contribution in [1.82, 2.24) is 14.5 Å².